The van der Waals surface area contributed by atoms with E-state index in [1.807, 2.05) is 0 Å². The average Bonchev–Trinajstić information content (AvgIpc) is 3.60. The normalized spacial score (nSPS) is 14.8. The lowest BCUT2D eigenvalue weighted by Crippen LogP contribution is -2.39. The molecule has 0 heterocycles. The fraction of sp³-hybridized carbons (Fsp3) is 0.0400. The third-order valence-electron chi connectivity index (χ3n) is 15.9. The predicted molar refractivity (Wildman–Crippen MR) is 326 cm³/mol. The minimum Gasteiger partial charge on any atom is -0.311 e. The second-order valence-corrected chi connectivity index (χ2v) is 20.4. The standard InChI is InChI=1S/C75H54N2/c1-51-21-20-36-69-71(51)75(67-35-19-18-34-66(67)74(69)56-38-37-52-22-14-15-23-55(52)49-56)57-43-48-68-70(50-57)73(54-41-46-63(47-42-54)77(60-28-10-4-11-29-60)61-30-12-5-13-31-61)65-33-17-16-32-64(65)72(68)53-39-44-62(45-40-53)76(58-24-6-2-7-25-58)59-26-8-3-9-27-59/h2-51,71H,1H3. The Labute approximate surface area is 450 Å². The molecule has 77 heavy (non-hydrogen) atoms. The zero-order chi connectivity index (χ0) is 51.2. The maximum Gasteiger partial charge on any atom is 0.0462 e. The highest BCUT2D eigenvalue weighted by Gasteiger charge is 2.34. The van der Waals surface area contributed by atoms with E-state index in [4.69, 9.17) is 0 Å². The van der Waals surface area contributed by atoms with Crippen molar-refractivity contribution < 1.29 is 0 Å². The van der Waals surface area contributed by atoms with Crippen LogP contribution in [0.1, 0.15) is 18.1 Å². The third kappa shape index (κ3) is 8.14. The molecule has 0 N–H and O–H groups in total. The Morgan fingerprint density at radius 1 is 0.312 bits per heavy atom. The van der Waals surface area contributed by atoms with Gasteiger partial charge in [0.2, 0.25) is 0 Å². The predicted octanol–water partition coefficient (Wildman–Crippen LogP) is 18.6. The molecule has 0 bridgehead atoms. The summed E-state index contributed by atoms with van der Waals surface area (Å²) in [6.45, 7) is 2.40. The van der Waals surface area contributed by atoms with Crippen LogP contribution in [0, 0.1) is 11.8 Å². The fourth-order valence-electron chi connectivity index (χ4n) is 12.5. The lowest BCUT2D eigenvalue weighted by atomic mass is 9.68. The lowest BCUT2D eigenvalue weighted by Gasteiger charge is -2.35. The van der Waals surface area contributed by atoms with Gasteiger partial charge in [-0.05, 0) is 184 Å². The first-order valence-electron chi connectivity index (χ1n) is 26.9. The lowest BCUT2D eigenvalue weighted by molar-refractivity contribution is 0.597. The first-order chi connectivity index (χ1) is 38.1. The van der Waals surface area contributed by atoms with Gasteiger partial charge < -0.3 is 9.80 Å². The third-order valence-corrected chi connectivity index (χ3v) is 15.9. The van der Waals surface area contributed by atoms with E-state index < -0.39 is 0 Å². The number of hydrogen-bond donors (Lipinski definition) is 0. The average molecular weight is 983 g/mol. The minimum absolute atomic E-state index is 0.142. The van der Waals surface area contributed by atoms with Crippen molar-refractivity contribution in [1.29, 1.82) is 0 Å². The number of anilines is 6. The number of fused-ring (bicyclic) bond motifs is 5. The maximum absolute atomic E-state index is 2.53. The number of nitrogens with zero attached hydrogens (tertiary/aromatic N) is 2. The molecule has 12 aromatic carbocycles. The van der Waals surface area contributed by atoms with Crippen LogP contribution in [-0.4, -0.2) is 0 Å². The summed E-state index contributed by atoms with van der Waals surface area (Å²) in [7, 11) is 0. The Morgan fingerprint density at radius 2 is 0.727 bits per heavy atom. The van der Waals surface area contributed by atoms with Crippen LogP contribution in [0.15, 0.2) is 303 Å². The van der Waals surface area contributed by atoms with E-state index in [9.17, 15) is 0 Å². The maximum atomic E-state index is 2.53. The molecule has 0 saturated carbocycles. The van der Waals surface area contributed by atoms with E-state index in [1.165, 1.54) is 92.9 Å². The number of allylic oxidation sites excluding steroid dienone is 4. The van der Waals surface area contributed by atoms with Gasteiger partial charge in [0.05, 0.1) is 0 Å². The molecular weight excluding hydrogens is 929 g/mol. The highest BCUT2D eigenvalue weighted by molar-refractivity contribution is 6.22. The quantitative estimate of drug-likeness (QED) is 0.126. The van der Waals surface area contributed by atoms with Gasteiger partial charge in [-0.25, -0.2) is 0 Å². The molecule has 0 saturated heterocycles. The summed E-state index contributed by atoms with van der Waals surface area (Å²) < 4.78 is 0. The Hall–Kier alpha value is -9.76. The molecule has 2 atom stereocenters. The fourth-order valence-corrected chi connectivity index (χ4v) is 12.5. The Bertz CT molecular complexity index is 4290. The smallest absolute Gasteiger partial charge is 0.0462 e. The summed E-state index contributed by atoms with van der Waals surface area (Å²) in [5.41, 5.74) is 18.1. The van der Waals surface area contributed by atoms with E-state index in [1.54, 1.807) is 0 Å². The zero-order valence-corrected chi connectivity index (χ0v) is 42.8. The van der Waals surface area contributed by atoms with Crippen molar-refractivity contribution in [3.8, 4) is 22.3 Å². The molecule has 14 rings (SSSR count). The molecule has 364 valence electrons. The topological polar surface area (TPSA) is 6.48 Å². The molecule has 2 aliphatic carbocycles. The van der Waals surface area contributed by atoms with E-state index in [2.05, 4.69) is 314 Å². The van der Waals surface area contributed by atoms with E-state index >= 15 is 0 Å². The van der Waals surface area contributed by atoms with Gasteiger partial charge in [-0.2, -0.15) is 0 Å². The molecule has 2 unspecified atom stereocenters. The van der Waals surface area contributed by atoms with Crippen molar-refractivity contribution in [2.24, 2.45) is 11.8 Å². The SMILES string of the molecule is CC1C=CC=C2C(c3ccc4ccccc4c3)=c3ccccc3=C(c3ccc4c(-c5ccc(N(c6ccccc6)c6ccccc6)cc5)c5ccccc5c(-c5ccc(N(c6ccccc6)c6ccccc6)cc5)c4c3)C21. The van der Waals surface area contributed by atoms with Gasteiger partial charge in [0.15, 0.2) is 0 Å². The molecule has 2 aliphatic rings. The Morgan fingerprint density at radius 3 is 1.27 bits per heavy atom. The second kappa shape index (κ2) is 19.5. The molecule has 12 aromatic rings. The number of benzene rings is 12. The first-order valence-corrected chi connectivity index (χ1v) is 26.9. The zero-order valence-electron chi connectivity index (χ0n) is 42.8. The largest absolute Gasteiger partial charge is 0.311 e. The van der Waals surface area contributed by atoms with Crippen molar-refractivity contribution in [1.82, 2.24) is 0 Å². The number of hydrogen-bond acceptors (Lipinski definition) is 2. The highest BCUT2D eigenvalue weighted by atomic mass is 15.1. The highest BCUT2D eigenvalue weighted by Crippen LogP contribution is 2.49. The van der Waals surface area contributed by atoms with Crippen molar-refractivity contribution in [3.63, 3.8) is 0 Å². The summed E-state index contributed by atoms with van der Waals surface area (Å²) in [6, 6.07) is 102. The van der Waals surface area contributed by atoms with Gasteiger partial charge in [-0.15, -0.1) is 0 Å². The van der Waals surface area contributed by atoms with Gasteiger partial charge >= 0.3 is 0 Å². The van der Waals surface area contributed by atoms with Crippen LogP contribution in [0.5, 0.6) is 0 Å². The minimum atomic E-state index is 0.142. The summed E-state index contributed by atoms with van der Waals surface area (Å²) in [4.78, 5) is 4.68. The van der Waals surface area contributed by atoms with E-state index in [0.29, 0.717) is 0 Å². The van der Waals surface area contributed by atoms with E-state index in [-0.39, 0.29) is 11.8 Å². The molecule has 0 spiro atoms. The van der Waals surface area contributed by atoms with Crippen LogP contribution < -0.4 is 20.2 Å². The Kier molecular flexibility index (Phi) is 11.6. The van der Waals surface area contributed by atoms with Crippen LogP contribution in [0.25, 0.3) is 65.7 Å². The summed E-state index contributed by atoms with van der Waals surface area (Å²) in [5.74, 6) is 0.411. The van der Waals surface area contributed by atoms with Gasteiger partial charge in [0, 0.05) is 40.0 Å². The number of para-hydroxylation sites is 4. The summed E-state index contributed by atoms with van der Waals surface area (Å²) in [5, 5.41) is 9.97. The molecule has 2 nitrogen and oxygen atoms in total. The summed E-state index contributed by atoms with van der Waals surface area (Å²) >= 11 is 0. The van der Waals surface area contributed by atoms with Gasteiger partial charge in [-0.3, -0.25) is 0 Å². The molecule has 0 fully saturated rings. The van der Waals surface area contributed by atoms with Gasteiger partial charge in [-0.1, -0.05) is 219 Å². The van der Waals surface area contributed by atoms with Crippen LogP contribution in [-0.2, 0) is 0 Å². The number of rotatable bonds is 10. The first kappa shape index (κ1) is 45.8. The monoisotopic (exact) mass is 982 g/mol. The molecule has 0 aromatic heterocycles. The van der Waals surface area contributed by atoms with Crippen LogP contribution in [0.2, 0.25) is 0 Å². The molecule has 0 aliphatic heterocycles. The van der Waals surface area contributed by atoms with Gasteiger partial charge in [0.25, 0.3) is 0 Å². The Balaban J connectivity index is 1.01. The molecular formula is C75H54N2. The molecule has 0 amide bonds. The van der Waals surface area contributed by atoms with Crippen LogP contribution >= 0.6 is 0 Å². The van der Waals surface area contributed by atoms with Crippen LogP contribution in [0.3, 0.4) is 0 Å². The summed E-state index contributed by atoms with van der Waals surface area (Å²) in [6.07, 6.45) is 7.07. The van der Waals surface area contributed by atoms with Crippen molar-refractivity contribution in [2.75, 3.05) is 9.80 Å². The second-order valence-electron chi connectivity index (χ2n) is 20.4. The van der Waals surface area contributed by atoms with Crippen molar-refractivity contribution in [3.05, 3.63) is 324 Å². The van der Waals surface area contributed by atoms with Crippen molar-refractivity contribution >= 4 is 77.6 Å². The van der Waals surface area contributed by atoms with Gasteiger partial charge in [0.1, 0.15) is 0 Å². The molecule has 0 radical (unpaired) electrons. The molecule has 2 heteroatoms. The van der Waals surface area contributed by atoms with Crippen LogP contribution in [0.4, 0.5) is 34.1 Å². The van der Waals surface area contributed by atoms with Crippen molar-refractivity contribution in [2.45, 2.75) is 6.92 Å². The van der Waals surface area contributed by atoms with E-state index in [0.717, 1.165) is 34.1 Å².